The van der Waals surface area contributed by atoms with Gasteiger partial charge in [-0.15, -0.1) is 0 Å². The molecule has 1 unspecified atom stereocenters. The number of aromatic nitrogens is 1. The van der Waals surface area contributed by atoms with Crippen LogP contribution in [0.2, 0.25) is 10.2 Å². The molecule has 2 N–H and O–H groups in total. The zero-order chi connectivity index (χ0) is 16.7. The number of hydrogen-bond acceptors (Lipinski definition) is 2. The summed E-state index contributed by atoms with van der Waals surface area (Å²) in [6.45, 7) is 6.86. The molecule has 0 aliphatic heterocycles. The Morgan fingerprint density at radius 2 is 2.09 bits per heavy atom. The quantitative estimate of drug-likeness (QED) is 0.588. The molecule has 0 bridgehead atoms. The molecule has 0 aromatic carbocycles. The lowest BCUT2D eigenvalue weighted by Crippen LogP contribution is -2.42. The Kier molecular flexibility index (Phi) is 8.07. The second-order valence-electron chi connectivity index (χ2n) is 5.42. The minimum Gasteiger partial charge on any atom is -0.355 e. The van der Waals surface area contributed by atoms with Gasteiger partial charge in [0.1, 0.15) is 5.15 Å². The summed E-state index contributed by atoms with van der Waals surface area (Å²) in [6.07, 6.45) is 1.15. The van der Waals surface area contributed by atoms with Crippen molar-refractivity contribution >= 4 is 29.2 Å². The minimum absolute atomic E-state index is 0.552. The molecule has 0 saturated heterocycles. The lowest BCUT2D eigenvalue weighted by molar-refractivity contribution is 0.255. The average Bonchev–Trinajstić information content (AvgIpc) is 2.76. The molecule has 126 valence electrons. The maximum atomic E-state index is 6.06. The van der Waals surface area contributed by atoms with Crippen LogP contribution in [0.5, 0.6) is 0 Å². The van der Waals surface area contributed by atoms with Crippen LogP contribution in [0.15, 0.2) is 11.1 Å². The van der Waals surface area contributed by atoms with Gasteiger partial charge in [-0.2, -0.15) is 0 Å². The minimum atomic E-state index is 0.552. The summed E-state index contributed by atoms with van der Waals surface area (Å²) in [4.78, 5) is 6.55. The van der Waals surface area contributed by atoms with E-state index in [9.17, 15) is 0 Å². The molecule has 0 amide bonds. The van der Waals surface area contributed by atoms with Gasteiger partial charge in [0.2, 0.25) is 0 Å². The number of nitrogens with one attached hydrogen (secondary N) is 2. The van der Waals surface area contributed by atoms with Crippen molar-refractivity contribution in [3.63, 3.8) is 0 Å². The number of hydrogen-bond donors (Lipinski definition) is 2. The molecule has 0 saturated carbocycles. The van der Waals surface area contributed by atoms with Crippen LogP contribution < -0.4 is 10.6 Å². The van der Waals surface area contributed by atoms with Crippen molar-refractivity contribution in [1.82, 2.24) is 20.1 Å². The Morgan fingerprint density at radius 1 is 1.41 bits per heavy atom. The first-order chi connectivity index (χ1) is 10.4. The Balaban J connectivity index is 2.41. The van der Waals surface area contributed by atoms with E-state index in [1.54, 1.807) is 7.05 Å². The summed E-state index contributed by atoms with van der Waals surface area (Å²) in [7, 11) is 5.79. The molecular formula is C15H27Cl2N5. The van der Waals surface area contributed by atoms with E-state index in [1.807, 2.05) is 17.7 Å². The molecule has 1 rings (SSSR count). The van der Waals surface area contributed by atoms with E-state index in [1.165, 1.54) is 0 Å². The van der Waals surface area contributed by atoms with Crippen LogP contribution in [-0.2, 0) is 13.6 Å². The predicted octanol–water partition coefficient (Wildman–Crippen LogP) is 2.73. The first kappa shape index (κ1) is 19.1. The summed E-state index contributed by atoms with van der Waals surface area (Å²) in [5.41, 5.74) is 1.01. The fraction of sp³-hybridized carbons (Fsp3) is 0.667. The smallest absolute Gasteiger partial charge is 0.191 e. The van der Waals surface area contributed by atoms with Gasteiger partial charge in [0.25, 0.3) is 0 Å². The third-order valence-corrected chi connectivity index (χ3v) is 4.82. The van der Waals surface area contributed by atoms with E-state index in [0.717, 1.165) is 31.2 Å². The van der Waals surface area contributed by atoms with Crippen LogP contribution in [0.3, 0.4) is 0 Å². The summed E-state index contributed by atoms with van der Waals surface area (Å²) in [6, 6.07) is 2.45. The molecular weight excluding hydrogens is 321 g/mol. The van der Waals surface area contributed by atoms with Crippen LogP contribution >= 0.6 is 23.2 Å². The van der Waals surface area contributed by atoms with Crippen LogP contribution in [0, 0.1) is 0 Å². The fourth-order valence-electron chi connectivity index (χ4n) is 2.04. The SMILES string of the molecule is CCC(C)N(C)CCNC(=NC)NCc1cc(Cl)c(Cl)n1C. The molecule has 0 radical (unpaired) electrons. The molecule has 0 fully saturated rings. The highest BCUT2D eigenvalue weighted by Crippen LogP contribution is 2.24. The van der Waals surface area contributed by atoms with Crippen LogP contribution in [0.1, 0.15) is 26.0 Å². The van der Waals surface area contributed by atoms with E-state index in [2.05, 4.69) is 41.4 Å². The monoisotopic (exact) mass is 347 g/mol. The third kappa shape index (κ3) is 5.38. The second kappa shape index (κ2) is 9.28. The van der Waals surface area contributed by atoms with E-state index < -0.39 is 0 Å². The van der Waals surface area contributed by atoms with Gasteiger partial charge in [-0.25, -0.2) is 0 Å². The summed E-state index contributed by atoms with van der Waals surface area (Å²) >= 11 is 12.1. The van der Waals surface area contributed by atoms with Crippen LogP contribution in [0.25, 0.3) is 0 Å². The highest BCUT2D eigenvalue weighted by atomic mass is 35.5. The number of halogens is 2. The van der Waals surface area contributed by atoms with Gasteiger partial charge in [-0.05, 0) is 26.5 Å². The number of nitrogens with zero attached hydrogens (tertiary/aromatic N) is 3. The predicted molar refractivity (Wildman–Crippen MR) is 96.0 cm³/mol. The van der Waals surface area contributed by atoms with Crippen molar-refractivity contribution in [2.45, 2.75) is 32.9 Å². The highest BCUT2D eigenvalue weighted by Gasteiger charge is 2.10. The summed E-state index contributed by atoms with van der Waals surface area (Å²) in [5.74, 6) is 0.769. The van der Waals surface area contributed by atoms with Crippen molar-refractivity contribution in [1.29, 1.82) is 0 Å². The summed E-state index contributed by atoms with van der Waals surface area (Å²) < 4.78 is 1.86. The number of aliphatic imine (C=N–C) groups is 1. The zero-order valence-corrected chi connectivity index (χ0v) is 15.6. The lowest BCUT2D eigenvalue weighted by atomic mass is 10.2. The van der Waals surface area contributed by atoms with Gasteiger partial charge in [0, 0.05) is 38.9 Å². The standard InChI is InChI=1S/C15H27Cl2N5/c1-6-11(2)21(4)8-7-19-15(18-3)20-10-12-9-13(16)14(17)22(12)5/h9,11H,6-8,10H2,1-5H3,(H2,18,19,20). The first-order valence-corrected chi connectivity index (χ1v) is 8.30. The Morgan fingerprint density at radius 3 is 2.59 bits per heavy atom. The molecule has 0 spiro atoms. The van der Waals surface area contributed by atoms with Gasteiger partial charge in [0.15, 0.2) is 5.96 Å². The Labute approximate surface area is 143 Å². The van der Waals surface area contributed by atoms with Gasteiger partial charge >= 0.3 is 0 Å². The third-order valence-electron chi connectivity index (χ3n) is 3.98. The normalized spacial score (nSPS) is 13.5. The Hall–Kier alpha value is -0.910. The molecule has 1 aromatic rings. The van der Waals surface area contributed by atoms with E-state index >= 15 is 0 Å². The van der Waals surface area contributed by atoms with Crippen molar-refractivity contribution in [3.05, 3.63) is 21.9 Å². The Bertz CT molecular complexity index is 498. The largest absolute Gasteiger partial charge is 0.355 e. The van der Waals surface area contributed by atoms with Crippen LogP contribution in [-0.4, -0.2) is 48.7 Å². The molecule has 5 nitrogen and oxygen atoms in total. The molecule has 0 aliphatic carbocycles. The van der Waals surface area contributed by atoms with Crippen LogP contribution in [0.4, 0.5) is 0 Å². The number of rotatable bonds is 7. The van der Waals surface area contributed by atoms with Crippen molar-refractivity contribution < 1.29 is 0 Å². The van der Waals surface area contributed by atoms with E-state index in [4.69, 9.17) is 23.2 Å². The van der Waals surface area contributed by atoms with Crippen molar-refractivity contribution in [3.8, 4) is 0 Å². The van der Waals surface area contributed by atoms with Gasteiger partial charge in [-0.3, -0.25) is 4.99 Å². The first-order valence-electron chi connectivity index (χ1n) is 7.55. The second-order valence-corrected chi connectivity index (χ2v) is 6.19. The molecule has 1 aromatic heterocycles. The molecule has 1 heterocycles. The van der Waals surface area contributed by atoms with Crippen molar-refractivity contribution in [2.75, 3.05) is 27.2 Å². The van der Waals surface area contributed by atoms with Crippen molar-refractivity contribution in [2.24, 2.45) is 12.0 Å². The highest BCUT2D eigenvalue weighted by molar-refractivity contribution is 6.41. The van der Waals surface area contributed by atoms with Gasteiger partial charge in [0.05, 0.1) is 11.6 Å². The maximum absolute atomic E-state index is 6.06. The zero-order valence-electron chi connectivity index (χ0n) is 14.1. The lowest BCUT2D eigenvalue weighted by Gasteiger charge is -2.24. The molecule has 0 aliphatic rings. The molecule has 22 heavy (non-hydrogen) atoms. The topological polar surface area (TPSA) is 44.6 Å². The molecule has 7 heteroatoms. The maximum Gasteiger partial charge on any atom is 0.191 e. The summed E-state index contributed by atoms with van der Waals surface area (Å²) in [5, 5.41) is 7.70. The van der Waals surface area contributed by atoms with E-state index in [0.29, 0.717) is 22.8 Å². The average molecular weight is 348 g/mol. The van der Waals surface area contributed by atoms with Gasteiger partial charge in [-0.1, -0.05) is 30.1 Å². The number of guanidine groups is 1. The number of likely N-dealkylation sites (N-methyl/N-ethyl adjacent to an activating group) is 1. The fourth-order valence-corrected chi connectivity index (χ4v) is 2.45. The van der Waals surface area contributed by atoms with E-state index in [-0.39, 0.29) is 0 Å². The van der Waals surface area contributed by atoms with Gasteiger partial charge < -0.3 is 20.1 Å². The molecule has 1 atom stereocenters.